The van der Waals surface area contributed by atoms with Gasteiger partial charge in [-0.1, -0.05) is 18.7 Å². The zero-order valence-corrected chi connectivity index (χ0v) is 19.0. The van der Waals surface area contributed by atoms with Crippen LogP contribution < -0.4 is 4.90 Å². The molecule has 1 amide bonds. The highest BCUT2D eigenvalue weighted by atomic mass is 16.2. The Morgan fingerprint density at radius 3 is 2.46 bits per heavy atom. The Hall–Kier alpha value is -4.89. The number of nitriles is 2. The van der Waals surface area contributed by atoms with Gasteiger partial charge in [-0.05, 0) is 29.8 Å². The number of pyridine rings is 1. The molecule has 0 bridgehead atoms. The molecule has 1 aromatic carbocycles. The monoisotopic (exact) mass is 462 g/mol. The van der Waals surface area contributed by atoms with Crippen molar-refractivity contribution in [2.45, 2.75) is 6.54 Å². The van der Waals surface area contributed by atoms with Crippen molar-refractivity contribution in [1.82, 2.24) is 24.3 Å². The van der Waals surface area contributed by atoms with E-state index in [0.717, 1.165) is 46.5 Å². The number of hydrogen-bond acceptors (Lipinski definition) is 6. The Kier molecular flexibility index (Phi) is 5.74. The standard InChI is InChI=1S/C26H22N8O/c1-2-25(35)32-11-9-31(10-12-32)23-5-3-19(4-6-23)24-13-20(22-16-29-33(17-22)8-7-27)18-34-26(24)21(14-28)15-30-34/h2-6,13,15-18H,1,8-12H2. The lowest BCUT2D eigenvalue weighted by molar-refractivity contribution is -0.126. The molecule has 0 saturated carbocycles. The van der Waals surface area contributed by atoms with Crippen molar-refractivity contribution in [1.29, 1.82) is 10.5 Å². The summed E-state index contributed by atoms with van der Waals surface area (Å²) < 4.78 is 3.30. The summed E-state index contributed by atoms with van der Waals surface area (Å²) in [5, 5.41) is 27.2. The molecule has 0 radical (unpaired) electrons. The predicted molar refractivity (Wildman–Crippen MR) is 131 cm³/mol. The van der Waals surface area contributed by atoms with Gasteiger partial charge in [0.15, 0.2) is 0 Å². The topological polar surface area (TPSA) is 106 Å². The first-order valence-corrected chi connectivity index (χ1v) is 11.2. The quantitative estimate of drug-likeness (QED) is 0.422. The van der Waals surface area contributed by atoms with Crippen LogP contribution in [0.15, 0.2) is 67.8 Å². The predicted octanol–water partition coefficient (Wildman–Crippen LogP) is 3.09. The number of nitrogens with zero attached hydrogens (tertiary/aromatic N) is 8. The molecule has 1 saturated heterocycles. The second-order valence-electron chi connectivity index (χ2n) is 8.25. The fraction of sp³-hybridized carbons (Fsp3) is 0.192. The lowest BCUT2D eigenvalue weighted by Crippen LogP contribution is -2.48. The molecule has 1 aliphatic rings. The smallest absolute Gasteiger partial charge is 0.246 e. The summed E-state index contributed by atoms with van der Waals surface area (Å²) in [6, 6.07) is 14.6. The summed E-state index contributed by atoms with van der Waals surface area (Å²) in [5.41, 5.74) is 5.92. The van der Waals surface area contributed by atoms with E-state index in [1.54, 1.807) is 21.6 Å². The first-order valence-electron chi connectivity index (χ1n) is 11.2. The highest BCUT2D eigenvalue weighted by Crippen LogP contribution is 2.33. The third-order valence-electron chi connectivity index (χ3n) is 6.24. The number of piperazine rings is 1. The number of anilines is 1. The van der Waals surface area contributed by atoms with E-state index in [0.29, 0.717) is 18.7 Å². The van der Waals surface area contributed by atoms with Crippen molar-refractivity contribution in [3.8, 4) is 34.4 Å². The van der Waals surface area contributed by atoms with Crippen LogP contribution in [0.2, 0.25) is 0 Å². The molecule has 5 rings (SSSR count). The number of carbonyl (C=O) groups excluding carboxylic acids is 1. The van der Waals surface area contributed by atoms with Crippen LogP contribution in [-0.2, 0) is 11.3 Å². The summed E-state index contributed by atoms with van der Waals surface area (Å²) in [6.07, 6.45) is 8.34. The minimum Gasteiger partial charge on any atom is -0.368 e. The summed E-state index contributed by atoms with van der Waals surface area (Å²) in [6.45, 7) is 6.58. The van der Waals surface area contributed by atoms with Crippen LogP contribution in [0, 0.1) is 22.7 Å². The maximum absolute atomic E-state index is 11.9. The number of rotatable bonds is 5. The summed E-state index contributed by atoms with van der Waals surface area (Å²) >= 11 is 0. The molecule has 9 heteroatoms. The van der Waals surface area contributed by atoms with Crippen LogP contribution in [-0.4, -0.2) is 56.4 Å². The Morgan fingerprint density at radius 1 is 1.00 bits per heavy atom. The molecule has 4 aromatic rings. The Labute approximate surface area is 202 Å². The molecule has 9 nitrogen and oxygen atoms in total. The van der Waals surface area contributed by atoms with Crippen LogP contribution in [0.3, 0.4) is 0 Å². The number of aromatic nitrogens is 4. The largest absolute Gasteiger partial charge is 0.368 e. The van der Waals surface area contributed by atoms with Gasteiger partial charge in [0.1, 0.15) is 12.6 Å². The van der Waals surface area contributed by atoms with Gasteiger partial charge in [-0.3, -0.25) is 9.48 Å². The summed E-state index contributed by atoms with van der Waals surface area (Å²) in [4.78, 5) is 15.9. The van der Waals surface area contributed by atoms with Crippen molar-refractivity contribution in [3.63, 3.8) is 0 Å². The molecule has 1 aliphatic heterocycles. The van der Waals surface area contributed by atoms with Gasteiger partial charge < -0.3 is 9.80 Å². The van der Waals surface area contributed by atoms with Gasteiger partial charge in [0.2, 0.25) is 5.91 Å². The third-order valence-corrected chi connectivity index (χ3v) is 6.24. The van der Waals surface area contributed by atoms with Crippen LogP contribution in [0.5, 0.6) is 0 Å². The van der Waals surface area contributed by atoms with E-state index >= 15 is 0 Å². The van der Waals surface area contributed by atoms with Crippen LogP contribution >= 0.6 is 0 Å². The van der Waals surface area contributed by atoms with Crippen molar-refractivity contribution < 1.29 is 4.79 Å². The van der Waals surface area contributed by atoms with Gasteiger partial charge in [0.25, 0.3) is 0 Å². The molecule has 3 aromatic heterocycles. The third kappa shape index (κ3) is 4.11. The van der Waals surface area contributed by atoms with Crippen LogP contribution in [0.4, 0.5) is 5.69 Å². The average Bonchev–Trinajstić information content (AvgIpc) is 3.55. The number of amides is 1. The Bertz CT molecular complexity index is 1490. The van der Waals surface area contributed by atoms with Gasteiger partial charge in [-0.15, -0.1) is 0 Å². The first kappa shape index (κ1) is 21.9. The number of benzene rings is 1. The number of carbonyl (C=O) groups is 1. The van der Waals surface area contributed by atoms with E-state index < -0.39 is 0 Å². The van der Waals surface area contributed by atoms with Gasteiger partial charge in [0.05, 0.1) is 29.5 Å². The van der Waals surface area contributed by atoms with Crippen molar-refractivity contribution in [2.75, 3.05) is 31.1 Å². The zero-order chi connectivity index (χ0) is 24.4. The van der Waals surface area contributed by atoms with E-state index in [1.165, 1.54) is 6.08 Å². The Morgan fingerprint density at radius 2 is 1.77 bits per heavy atom. The molecule has 0 N–H and O–H groups in total. The van der Waals surface area contributed by atoms with Gasteiger partial charge in [-0.25, -0.2) is 4.52 Å². The molecule has 0 atom stereocenters. The molecular formula is C26H22N8O. The lowest BCUT2D eigenvalue weighted by Gasteiger charge is -2.35. The molecule has 35 heavy (non-hydrogen) atoms. The summed E-state index contributed by atoms with van der Waals surface area (Å²) in [7, 11) is 0. The van der Waals surface area contributed by atoms with E-state index in [-0.39, 0.29) is 12.5 Å². The molecule has 172 valence electrons. The zero-order valence-electron chi connectivity index (χ0n) is 19.0. The fourth-order valence-corrected chi connectivity index (χ4v) is 4.42. The maximum Gasteiger partial charge on any atom is 0.246 e. The highest BCUT2D eigenvalue weighted by Gasteiger charge is 2.20. The van der Waals surface area contributed by atoms with Gasteiger partial charge in [-0.2, -0.15) is 20.7 Å². The second-order valence-corrected chi connectivity index (χ2v) is 8.25. The van der Waals surface area contributed by atoms with Gasteiger partial charge in [0, 0.05) is 61.0 Å². The maximum atomic E-state index is 11.9. The second kappa shape index (κ2) is 9.16. The van der Waals surface area contributed by atoms with E-state index in [2.05, 4.69) is 45.9 Å². The number of fused-ring (bicyclic) bond motifs is 1. The first-order chi connectivity index (χ1) is 17.1. The molecule has 1 fully saturated rings. The fourth-order valence-electron chi connectivity index (χ4n) is 4.42. The van der Waals surface area contributed by atoms with E-state index in [4.69, 9.17) is 5.26 Å². The average molecular weight is 463 g/mol. The highest BCUT2D eigenvalue weighted by molar-refractivity contribution is 5.88. The molecule has 0 aliphatic carbocycles. The number of hydrogen-bond donors (Lipinski definition) is 0. The van der Waals surface area contributed by atoms with Gasteiger partial charge >= 0.3 is 0 Å². The normalized spacial score (nSPS) is 13.4. The molecule has 4 heterocycles. The lowest BCUT2D eigenvalue weighted by atomic mass is 9.99. The van der Waals surface area contributed by atoms with Crippen molar-refractivity contribution in [3.05, 3.63) is 73.3 Å². The summed E-state index contributed by atoms with van der Waals surface area (Å²) in [5.74, 6) is -0.0313. The SMILES string of the molecule is C=CC(=O)N1CCN(c2ccc(-c3cc(-c4cnn(CC#N)c4)cn4ncc(C#N)c34)cc2)CC1. The van der Waals surface area contributed by atoms with Crippen LogP contribution in [0.25, 0.3) is 27.8 Å². The van der Waals surface area contributed by atoms with Crippen LogP contribution in [0.1, 0.15) is 5.56 Å². The minimum atomic E-state index is -0.0313. The van der Waals surface area contributed by atoms with E-state index in [1.807, 2.05) is 35.5 Å². The molecular weight excluding hydrogens is 440 g/mol. The van der Waals surface area contributed by atoms with E-state index in [9.17, 15) is 10.1 Å². The van der Waals surface area contributed by atoms with Crippen molar-refractivity contribution >= 4 is 17.1 Å². The minimum absolute atomic E-state index is 0.0313. The molecule has 0 unspecified atom stereocenters. The van der Waals surface area contributed by atoms with Crippen molar-refractivity contribution in [2.24, 2.45) is 0 Å². The molecule has 0 spiro atoms. The Balaban J connectivity index is 1.48.